The Bertz CT molecular complexity index is 1160. The van der Waals surface area contributed by atoms with Crippen molar-refractivity contribution in [3.05, 3.63) is 81.4 Å². The number of halogens is 1. The molecule has 4 rings (SSSR count). The normalized spacial score (nSPS) is 15.4. The summed E-state index contributed by atoms with van der Waals surface area (Å²) in [6, 6.07) is 13.8. The van der Waals surface area contributed by atoms with Gasteiger partial charge in [0.2, 0.25) is 5.91 Å². The molecular weight excluding hydrogens is 405 g/mol. The van der Waals surface area contributed by atoms with E-state index < -0.39 is 5.92 Å². The highest BCUT2D eigenvalue weighted by Gasteiger charge is 2.32. The summed E-state index contributed by atoms with van der Waals surface area (Å²) >= 11 is 1.25. The van der Waals surface area contributed by atoms with Crippen molar-refractivity contribution in [2.75, 3.05) is 12.4 Å². The summed E-state index contributed by atoms with van der Waals surface area (Å²) in [5.41, 5.74) is 1.43. The van der Waals surface area contributed by atoms with Crippen LogP contribution in [0.4, 0.5) is 10.2 Å². The lowest BCUT2D eigenvalue weighted by Crippen LogP contribution is -2.33. The van der Waals surface area contributed by atoms with Crippen LogP contribution in [-0.2, 0) is 17.6 Å². The van der Waals surface area contributed by atoms with E-state index in [-0.39, 0.29) is 23.7 Å². The van der Waals surface area contributed by atoms with Crippen LogP contribution in [0.3, 0.4) is 0 Å². The molecule has 1 amide bonds. The minimum absolute atomic E-state index is 0.165. The summed E-state index contributed by atoms with van der Waals surface area (Å²) in [7, 11) is 3.32. The molecule has 1 atom stereocenters. The highest BCUT2D eigenvalue weighted by Crippen LogP contribution is 2.36. The Balaban J connectivity index is 1.71. The van der Waals surface area contributed by atoms with Crippen molar-refractivity contribution >= 4 is 23.5 Å². The van der Waals surface area contributed by atoms with Crippen LogP contribution in [0.1, 0.15) is 29.0 Å². The topological polar surface area (TPSA) is 73.2 Å². The molecule has 0 radical (unpaired) electrons. The van der Waals surface area contributed by atoms with Gasteiger partial charge in [-0.15, -0.1) is 0 Å². The number of hydrogen-bond acceptors (Lipinski definition) is 5. The SMILES string of the molecule is COc1ccc(C2CC(=O)Nc3c2c(=O)nc(SCc2ccccc2F)n3C)cc1. The molecular formula is C22H20FN3O3S. The maximum atomic E-state index is 13.9. The van der Waals surface area contributed by atoms with Crippen molar-refractivity contribution in [2.24, 2.45) is 7.05 Å². The summed E-state index contributed by atoms with van der Waals surface area (Å²) in [6.45, 7) is 0. The number of ether oxygens (including phenoxy) is 1. The number of thioether (sulfide) groups is 1. The molecule has 154 valence electrons. The highest BCUT2D eigenvalue weighted by atomic mass is 32.2. The number of anilines is 1. The van der Waals surface area contributed by atoms with Crippen molar-refractivity contribution in [3.8, 4) is 5.75 Å². The zero-order valence-electron chi connectivity index (χ0n) is 16.5. The Kier molecular flexibility index (Phi) is 5.59. The maximum absolute atomic E-state index is 13.9. The number of aromatic nitrogens is 2. The van der Waals surface area contributed by atoms with Gasteiger partial charge in [-0.2, -0.15) is 4.98 Å². The molecule has 0 aliphatic carbocycles. The minimum atomic E-state index is -0.392. The molecule has 0 saturated heterocycles. The first-order chi connectivity index (χ1) is 14.5. The molecule has 30 heavy (non-hydrogen) atoms. The fourth-order valence-electron chi connectivity index (χ4n) is 3.54. The third-order valence-electron chi connectivity index (χ3n) is 5.13. The van der Waals surface area contributed by atoms with E-state index in [0.29, 0.717) is 33.6 Å². The van der Waals surface area contributed by atoms with E-state index >= 15 is 0 Å². The van der Waals surface area contributed by atoms with Crippen molar-refractivity contribution in [1.29, 1.82) is 0 Å². The molecule has 0 fully saturated rings. The molecule has 1 aliphatic rings. The van der Waals surface area contributed by atoms with E-state index in [0.717, 1.165) is 5.56 Å². The van der Waals surface area contributed by atoms with Crippen LogP contribution in [-0.4, -0.2) is 22.6 Å². The van der Waals surface area contributed by atoms with Gasteiger partial charge in [-0.05, 0) is 29.3 Å². The predicted octanol–water partition coefficient (Wildman–Crippen LogP) is 3.69. The maximum Gasteiger partial charge on any atom is 0.279 e. The Labute approximate surface area is 177 Å². The third kappa shape index (κ3) is 3.82. The van der Waals surface area contributed by atoms with E-state index in [1.165, 1.54) is 17.8 Å². The highest BCUT2D eigenvalue weighted by molar-refractivity contribution is 7.98. The van der Waals surface area contributed by atoms with Crippen LogP contribution in [0, 0.1) is 5.82 Å². The molecule has 8 heteroatoms. The van der Waals surface area contributed by atoms with Gasteiger partial charge in [-0.3, -0.25) is 9.59 Å². The Morgan fingerprint density at radius 1 is 1.20 bits per heavy atom. The molecule has 1 unspecified atom stereocenters. The molecule has 1 N–H and O–H groups in total. The van der Waals surface area contributed by atoms with Crippen LogP contribution in [0.25, 0.3) is 0 Å². The van der Waals surface area contributed by atoms with E-state index in [1.54, 1.807) is 49.1 Å². The van der Waals surface area contributed by atoms with Gasteiger partial charge in [0.1, 0.15) is 17.4 Å². The fraction of sp³-hybridized carbons (Fsp3) is 0.227. The molecule has 6 nitrogen and oxygen atoms in total. The number of nitrogens with zero attached hydrogens (tertiary/aromatic N) is 2. The zero-order valence-corrected chi connectivity index (χ0v) is 17.3. The van der Waals surface area contributed by atoms with Crippen molar-refractivity contribution in [2.45, 2.75) is 23.2 Å². The Hall–Kier alpha value is -3.13. The van der Waals surface area contributed by atoms with Crippen LogP contribution in [0.15, 0.2) is 58.5 Å². The zero-order chi connectivity index (χ0) is 21.3. The van der Waals surface area contributed by atoms with Gasteiger partial charge >= 0.3 is 0 Å². The Morgan fingerprint density at radius 3 is 2.63 bits per heavy atom. The third-order valence-corrected chi connectivity index (χ3v) is 6.21. The smallest absolute Gasteiger partial charge is 0.279 e. The second kappa shape index (κ2) is 8.31. The lowest BCUT2D eigenvalue weighted by molar-refractivity contribution is -0.116. The van der Waals surface area contributed by atoms with E-state index in [4.69, 9.17) is 4.74 Å². The molecule has 2 heterocycles. The lowest BCUT2D eigenvalue weighted by atomic mass is 9.87. The quantitative estimate of drug-likeness (QED) is 0.499. The molecule has 1 aliphatic heterocycles. The average molecular weight is 425 g/mol. The summed E-state index contributed by atoms with van der Waals surface area (Å²) in [6.07, 6.45) is 0.165. The standard InChI is InChI=1S/C22H20FN3O3S/c1-26-20-19(16(11-18(27)24-20)13-7-9-15(29-2)10-8-13)21(28)25-22(26)30-12-14-5-3-4-6-17(14)23/h3-10,16H,11-12H2,1-2H3,(H,24,27). The van der Waals surface area contributed by atoms with Gasteiger partial charge in [0, 0.05) is 25.1 Å². The summed E-state index contributed by atoms with van der Waals surface area (Å²) in [5.74, 6) is 0.585. The summed E-state index contributed by atoms with van der Waals surface area (Å²) in [4.78, 5) is 29.6. The lowest BCUT2D eigenvalue weighted by Gasteiger charge is -2.27. The molecule has 0 spiro atoms. The molecule has 0 bridgehead atoms. The first kappa shape index (κ1) is 20.2. The molecule has 0 saturated carbocycles. The molecule has 1 aromatic heterocycles. The van der Waals surface area contributed by atoms with Crippen molar-refractivity contribution < 1.29 is 13.9 Å². The average Bonchev–Trinajstić information content (AvgIpc) is 2.75. The van der Waals surface area contributed by atoms with Crippen molar-refractivity contribution in [3.63, 3.8) is 0 Å². The number of benzene rings is 2. The van der Waals surface area contributed by atoms with Crippen LogP contribution in [0.5, 0.6) is 5.75 Å². The van der Waals surface area contributed by atoms with Crippen molar-refractivity contribution in [1.82, 2.24) is 9.55 Å². The number of nitrogens with one attached hydrogen (secondary N) is 1. The number of carbonyl (C=O) groups is 1. The fourth-order valence-corrected chi connectivity index (χ4v) is 4.49. The molecule has 2 aromatic carbocycles. The minimum Gasteiger partial charge on any atom is -0.497 e. The van der Waals surface area contributed by atoms with Crippen LogP contribution >= 0.6 is 11.8 Å². The van der Waals surface area contributed by atoms with Crippen LogP contribution < -0.4 is 15.6 Å². The number of methoxy groups -OCH3 is 1. The van der Waals surface area contributed by atoms with E-state index in [1.807, 2.05) is 12.1 Å². The Morgan fingerprint density at radius 2 is 1.93 bits per heavy atom. The van der Waals surface area contributed by atoms with Gasteiger partial charge < -0.3 is 14.6 Å². The van der Waals surface area contributed by atoms with E-state index in [2.05, 4.69) is 10.3 Å². The summed E-state index contributed by atoms with van der Waals surface area (Å²) < 4.78 is 20.8. The van der Waals surface area contributed by atoms with Gasteiger partial charge in [-0.1, -0.05) is 42.1 Å². The van der Waals surface area contributed by atoms with Gasteiger partial charge in [0.05, 0.1) is 12.7 Å². The number of hydrogen-bond donors (Lipinski definition) is 1. The van der Waals surface area contributed by atoms with Gasteiger partial charge in [0.25, 0.3) is 5.56 Å². The van der Waals surface area contributed by atoms with Gasteiger partial charge in [-0.25, -0.2) is 4.39 Å². The van der Waals surface area contributed by atoms with Crippen LogP contribution in [0.2, 0.25) is 0 Å². The first-order valence-corrected chi connectivity index (χ1v) is 10.4. The molecule has 3 aromatic rings. The number of rotatable bonds is 5. The second-order valence-corrected chi connectivity index (χ2v) is 7.92. The van der Waals surface area contributed by atoms with E-state index in [9.17, 15) is 14.0 Å². The number of carbonyl (C=O) groups excluding carboxylic acids is 1. The second-order valence-electron chi connectivity index (χ2n) is 6.98. The largest absolute Gasteiger partial charge is 0.497 e. The summed E-state index contributed by atoms with van der Waals surface area (Å²) in [5, 5.41) is 3.23. The monoisotopic (exact) mass is 425 g/mol. The number of amides is 1. The first-order valence-electron chi connectivity index (χ1n) is 9.39. The predicted molar refractivity (Wildman–Crippen MR) is 114 cm³/mol. The van der Waals surface area contributed by atoms with Gasteiger partial charge in [0.15, 0.2) is 5.16 Å². The number of fused-ring (bicyclic) bond motifs is 1.